The van der Waals surface area contributed by atoms with Crippen molar-refractivity contribution < 1.29 is 0 Å². The van der Waals surface area contributed by atoms with Gasteiger partial charge in [-0.2, -0.15) is 0 Å². The molecule has 0 saturated heterocycles. The third-order valence-electron chi connectivity index (χ3n) is 12.8. The van der Waals surface area contributed by atoms with Crippen molar-refractivity contribution in [1.29, 1.82) is 0 Å². The van der Waals surface area contributed by atoms with Gasteiger partial charge in [-0.3, -0.25) is 0 Å². The first kappa shape index (κ1) is 32.1. The molecule has 3 aliphatic carbocycles. The van der Waals surface area contributed by atoms with Crippen LogP contribution in [0.25, 0.3) is 49.7 Å². The molecule has 0 saturated carbocycles. The quantitative estimate of drug-likeness (QED) is 0.171. The molecule has 3 aliphatic rings. The molecular formula is C55H38N2. The zero-order valence-corrected chi connectivity index (χ0v) is 31.4. The first-order chi connectivity index (χ1) is 28.3. The van der Waals surface area contributed by atoms with Crippen LogP contribution < -0.4 is 4.90 Å². The Balaban J connectivity index is 1.11. The normalized spacial score (nSPS) is 17.3. The monoisotopic (exact) mass is 726 g/mol. The number of nitrogens with zero attached hydrogens (tertiary/aromatic N) is 2. The molecule has 0 aliphatic heterocycles. The Kier molecular flexibility index (Phi) is 7.00. The van der Waals surface area contributed by atoms with Gasteiger partial charge >= 0.3 is 0 Å². The molecule has 2 atom stereocenters. The number of hydrogen-bond donors (Lipinski definition) is 0. The van der Waals surface area contributed by atoms with Crippen molar-refractivity contribution in [3.8, 4) is 27.9 Å². The van der Waals surface area contributed by atoms with E-state index in [1.54, 1.807) is 0 Å². The lowest BCUT2D eigenvalue weighted by molar-refractivity contribution is 0.708. The van der Waals surface area contributed by atoms with Crippen molar-refractivity contribution in [2.45, 2.75) is 17.8 Å². The van der Waals surface area contributed by atoms with Crippen LogP contribution in [0.2, 0.25) is 0 Å². The van der Waals surface area contributed by atoms with Gasteiger partial charge < -0.3 is 9.47 Å². The molecule has 57 heavy (non-hydrogen) atoms. The van der Waals surface area contributed by atoms with Crippen molar-refractivity contribution in [2.24, 2.45) is 0 Å². The molecule has 0 amide bonds. The number of anilines is 3. The lowest BCUT2D eigenvalue weighted by atomic mass is 9.69. The van der Waals surface area contributed by atoms with E-state index in [2.05, 4.69) is 222 Å². The molecule has 8 aromatic carbocycles. The summed E-state index contributed by atoms with van der Waals surface area (Å²) in [6.45, 7) is 0. The zero-order chi connectivity index (χ0) is 37.5. The summed E-state index contributed by atoms with van der Waals surface area (Å²) < 4.78 is 2.41. The highest BCUT2D eigenvalue weighted by Gasteiger charge is 2.54. The molecule has 0 fully saturated rings. The van der Waals surface area contributed by atoms with Crippen LogP contribution in [-0.2, 0) is 5.41 Å². The van der Waals surface area contributed by atoms with Crippen LogP contribution in [0.15, 0.2) is 218 Å². The van der Waals surface area contributed by atoms with Crippen LogP contribution in [-0.4, -0.2) is 4.57 Å². The minimum Gasteiger partial charge on any atom is -0.310 e. The van der Waals surface area contributed by atoms with Gasteiger partial charge in [0.1, 0.15) is 0 Å². The van der Waals surface area contributed by atoms with Gasteiger partial charge in [-0.25, -0.2) is 0 Å². The van der Waals surface area contributed by atoms with Crippen LogP contribution in [0.1, 0.15) is 34.6 Å². The summed E-state index contributed by atoms with van der Waals surface area (Å²) in [6, 6.07) is 71.9. The lowest BCUT2D eigenvalue weighted by Crippen LogP contribution is -2.27. The van der Waals surface area contributed by atoms with Crippen LogP contribution in [0.4, 0.5) is 17.1 Å². The summed E-state index contributed by atoms with van der Waals surface area (Å²) >= 11 is 0. The Morgan fingerprint density at radius 3 is 1.96 bits per heavy atom. The Morgan fingerprint density at radius 1 is 0.474 bits per heavy atom. The molecule has 1 heterocycles. The molecular weight excluding hydrogens is 689 g/mol. The molecule has 1 spiro atoms. The first-order valence-corrected chi connectivity index (χ1v) is 20.0. The van der Waals surface area contributed by atoms with E-state index in [1.165, 1.54) is 71.9 Å². The molecule has 2 heteroatoms. The molecule has 2 nitrogen and oxygen atoms in total. The minimum absolute atomic E-state index is 0.359. The van der Waals surface area contributed by atoms with E-state index in [4.69, 9.17) is 0 Å². The Hall–Kier alpha value is -7.16. The second-order valence-corrected chi connectivity index (χ2v) is 15.6. The Bertz CT molecular complexity index is 3090. The van der Waals surface area contributed by atoms with Crippen molar-refractivity contribution >= 4 is 38.9 Å². The van der Waals surface area contributed by atoms with Crippen LogP contribution in [0.3, 0.4) is 0 Å². The van der Waals surface area contributed by atoms with E-state index in [0.717, 1.165) is 29.2 Å². The van der Waals surface area contributed by atoms with E-state index >= 15 is 0 Å². The van der Waals surface area contributed by atoms with Gasteiger partial charge in [-0.15, -0.1) is 0 Å². The van der Waals surface area contributed by atoms with Gasteiger partial charge in [-0.05, 0) is 111 Å². The fraction of sp³-hybridized carbons (Fsp3) is 0.0545. The van der Waals surface area contributed by atoms with Crippen LogP contribution in [0, 0.1) is 0 Å². The van der Waals surface area contributed by atoms with Crippen LogP contribution in [0.5, 0.6) is 0 Å². The zero-order valence-electron chi connectivity index (χ0n) is 31.4. The van der Waals surface area contributed by atoms with Gasteiger partial charge in [-0.1, -0.05) is 158 Å². The van der Waals surface area contributed by atoms with Crippen LogP contribution >= 0.6 is 0 Å². The number of benzene rings is 8. The van der Waals surface area contributed by atoms with E-state index < -0.39 is 0 Å². The topological polar surface area (TPSA) is 8.17 Å². The lowest BCUT2D eigenvalue weighted by Gasteiger charge is -2.34. The molecule has 1 aromatic heterocycles. The summed E-state index contributed by atoms with van der Waals surface area (Å²) in [4.78, 5) is 2.46. The van der Waals surface area contributed by atoms with Gasteiger partial charge in [0.2, 0.25) is 0 Å². The van der Waals surface area contributed by atoms with E-state index in [9.17, 15) is 0 Å². The predicted molar refractivity (Wildman–Crippen MR) is 237 cm³/mol. The fourth-order valence-electron chi connectivity index (χ4n) is 10.4. The second-order valence-electron chi connectivity index (χ2n) is 15.6. The third kappa shape index (κ3) is 4.59. The summed E-state index contributed by atoms with van der Waals surface area (Å²) in [5.41, 5.74) is 18.7. The van der Waals surface area contributed by atoms with E-state index in [-0.39, 0.29) is 5.41 Å². The smallest absolute Gasteiger partial charge is 0.0686 e. The van der Waals surface area contributed by atoms with E-state index in [1.807, 2.05) is 0 Å². The largest absolute Gasteiger partial charge is 0.310 e. The van der Waals surface area contributed by atoms with Crippen molar-refractivity contribution in [1.82, 2.24) is 4.57 Å². The highest BCUT2D eigenvalue weighted by atomic mass is 15.1. The maximum absolute atomic E-state index is 2.51. The molecule has 9 aromatic rings. The molecule has 12 rings (SSSR count). The molecule has 0 bridgehead atoms. The van der Waals surface area contributed by atoms with E-state index in [0.29, 0.717) is 5.92 Å². The van der Waals surface area contributed by atoms with Crippen molar-refractivity contribution in [3.05, 3.63) is 240 Å². The van der Waals surface area contributed by atoms with Crippen molar-refractivity contribution in [3.63, 3.8) is 0 Å². The highest BCUT2D eigenvalue weighted by Crippen LogP contribution is 2.65. The number of aromatic nitrogens is 1. The number of hydrogen-bond acceptors (Lipinski definition) is 1. The van der Waals surface area contributed by atoms with Gasteiger partial charge in [0.25, 0.3) is 0 Å². The van der Waals surface area contributed by atoms with Gasteiger partial charge in [0.15, 0.2) is 0 Å². The summed E-state index contributed by atoms with van der Waals surface area (Å²) in [5.74, 6) is 0.359. The number of rotatable bonds is 5. The maximum Gasteiger partial charge on any atom is 0.0686 e. The van der Waals surface area contributed by atoms with Gasteiger partial charge in [0, 0.05) is 39.4 Å². The number of allylic oxidation sites excluding steroid dienone is 4. The standard InChI is InChI=1S/C55H38N2/c1-3-15-37(16-4-1)38-27-29-40(30-28-38)56(42-32-34-48-47-22-10-14-26-53(47)57(54(48)36-42)39-17-5-2-6-18-39)41-31-33-46-45-21-9-13-25-51(45)55(52(46)35-41)49-23-11-7-19-43(49)44-20-8-12-24-50(44)55/h1-19,21-36,44H,20H2. The molecule has 2 unspecified atom stereocenters. The number of para-hydroxylation sites is 2. The summed E-state index contributed by atoms with van der Waals surface area (Å²) in [5, 5.41) is 2.50. The molecule has 268 valence electrons. The SMILES string of the molecule is C1=CCC2C(=C1)C1(c3ccccc3-c3ccc(N(c4ccc(-c5ccccc5)cc4)c4ccc5c6ccccc6n(-c6ccccc6)c5c4)cc31)c1ccccc12. The Labute approximate surface area is 332 Å². The third-order valence-corrected chi connectivity index (χ3v) is 12.8. The first-order valence-electron chi connectivity index (χ1n) is 20.0. The average molecular weight is 727 g/mol. The summed E-state index contributed by atoms with van der Waals surface area (Å²) in [6.07, 6.45) is 8.07. The highest BCUT2D eigenvalue weighted by molar-refractivity contribution is 6.10. The maximum atomic E-state index is 2.51. The molecule has 0 radical (unpaired) electrons. The van der Waals surface area contributed by atoms with Crippen molar-refractivity contribution in [2.75, 3.05) is 4.90 Å². The van der Waals surface area contributed by atoms with Gasteiger partial charge in [0.05, 0.1) is 16.4 Å². The minimum atomic E-state index is -0.361. The summed E-state index contributed by atoms with van der Waals surface area (Å²) in [7, 11) is 0. The molecule has 0 N–H and O–H groups in total. The fourth-order valence-corrected chi connectivity index (χ4v) is 10.4. The average Bonchev–Trinajstić information content (AvgIpc) is 3.89. The Morgan fingerprint density at radius 2 is 1.11 bits per heavy atom. The second kappa shape index (κ2) is 12.4. The predicted octanol–water partition coefficient (Wildman–Crippen LogP) is 14.2. The number of fused-ring (bicyclic) bond motifs is 13.